The third-order valence-corrected chi connectivity index (χ3v) is 3.86. The lowest BCUT2D eigenvalue weighted by Crippen LogP contribution is -2.06. The third-order valence-electron chi connectivity index (χ3n) is 2.44. The Bertz CT molecular complexity index is 333. The molecule has 0 fully saturated rings. The van der Waals surface area contributed by atoms with E-state index in [-0.39, 0.29) is 0 Å². The summed E-state index contributed by atoms with van der Waals surface area (Å²) in [6.07, 6.45) is 0.923. The summed E-state index contributed by atoms with van der Waals surface area (Å²) in [7, 11) is 0. The molecule has 0 amide bonds. The average molecular weight is 212 g/mol. The normalized spacial score (nSPS) is 17.5. The van der Waals surface area contributed by atoms with Crippen molar-refractivity contribution >= 4 is 17.3 Å². The summed E-state index contributed by atoms with van der Waals surface area (Å²) in [6.45, 7) is 3.12. The van der Waals surface area contributed by atoms with Crippen molar-refractivity contribution in [2.24, 2.45) is 0 Å². The standard InChI is InChI=1S/C10H12O3S/c1-6(10(11)12)9-4-7-5-13-3-2-8(7)14-9/h4,6H,2-3,5H2,1H3,(H,11,12). The first kappa shape index (κ1) is 9.68. The second-order valence-corrected chi connectivity index (χ2v) is 4.63. The van der Waals surface area contributed by atoms with Crippen LogP contribution >= 0.6 is 11.3 Å². The summed E-state index contributed by atoms with van der Waals surface area (Å²) in [5, 5.41) is 8.87. The van der Waals surface area contributed by atoms with E-state index in [4.69, 9.17) is 9.84 Å². The maximum atomic E-state index is 10.8. The minimum atomic E-state index is -0.760. The second-order valence-electron chi connectivity index (χ2n) is 3.46. The molecule has 0 spiro atoms. The van der Waals surface area contributed by atoms with E-state index in [1.54, 1.807) is 18.3 Å². The topological polar surface area (TPSA) is 46.5 Å². The molecule has 2 heterocycles. The Balaban J connectivity index is 2.28. The first-order valence-electron chi connectivity index (χ1n) is 4.60. The summed E-state index contributed by atoms with van der Waals surface area (Å²) >= 11 is 1.61. The van der Waals surface area contributed by atoms with Gasteiger partial charge in [-0.3, -0.25) is 4.79 Å². The molecule has 1 N–H and O–H groups in total. The smallest absolute Gasteiger partial charge is 0.311 e. The van der Waals surface area contributed by atoms with E-state index in [2.05, 4.69) is 0 Å². The molecule has 1 atom stereocenters. The molecular weight excluding hydrogens is 200 g/mol. The monoisotopic (exact) mass is 212 g/mol. The maximum Gasteiger partial charge on any atom is 0.311 e. The predicted molar refractivity (Wildman–Crippen MR) is 53.7 cm³/mol. The van der Waals surface area contributed by atoms with Crippen molar-refractivity contribution in [1.82, 2.24) is 0 Å². The molecule has 14 heavy (non-hydrogen) atoms. The summed E-state index contributed by atoms with van der Waals surface area (Å²) in [5.41, 5.74) is 1.17. The second kappa shape index (κ2) is 3.71. The molecule has 2 rings (SSSR count). The van der Waals surface area contributed by atoms with Crippen LogP contribution in [0.3, 0.4) is 0 Å². The fraction of sp³-hybridized carbons (Fsp3) is 0.500. The van der Waals surface area contributed by atoms with Crippen LogP contribution in [0, 0.1) is 0 Å². The highest BCUT2D eigenvalue weighted by Crippen LogP contribution is 2.31. The summed E-state index contributed by atoms with van der Waals surface area (Å²) < 4.78 is 5.31. The van der Waals surface area contributed by atoms with Crippen molar-refractivity contribution in [3.63, 3.8) is 0 Å². The van der Waals surface area contributed by atoms with Gasteiger partial charge in [-0.05, 0) is 18.6 Å². The van der Waals surface area contributed by atoms with E-state index in [1.165, 1.54) is 10.4 Å². The van der Waals surface area contributed by atoms with Gasteiger partial charge >= 0.3 is 5.97 Å². The molecule has 76 valence electrons. The van der Waals surface area contributed by atoms with Crippen LogP contribution in [0.2, 0.25) is 0 Å². The molecule has 0 radical (unpaired) electrons. The van der Waals surface area contributed by atoms with Crippen LogP contribution in [0.25, 0.3) is 0 Å². The SMILES string of the molecule is CC(C(=O)O)c1cc2c(s1)CCOC2. The Morgan fingerprint density at radius 3 is 3.14 bits per heavy atom. The van der Waals surface area contributed by atoms with Crippen molar-refractivity contribution in [2.75, 3.05) is 6.61 Å². The Kier molecular flexibility index (Phi) is 2.56. The Morgan fingerprint density at radius 2 is 2.50 bits per heavy atom. The molecule has 1 aliphatic heterocycles. The Labute approximate surface area is 86.3 Å². The van der Waals surface area contributed by atoms with Crippen LogP contribution in [0.4, 0.5) is 0 Å². The number of thiophene rings is 1. The number of rotatable bonds is 2. The fourth-order valence-electron chi connectivity index (χ4n) is 1.51. The van der Waals surface area contributed by atoms with Gasteiger partial charge in [0, 0.05) is 16.2 Å². The molecule has 0 saturated carbocycles. The zero-order valence-electron chi connectivity index (χ0n) is 7.95. The number of carboxylic acid groups (broad SMARTS) is 1. The number of hydrogen-bond donors (Lipinski definition) is 1. The largest absolute Gasteiger partial charge is 0.481 e. The highest BCUT2D eigenvalue weighted by molar-refractivity contribution is 7.12. The van der Waals surface area contributed by atoms with Crippen LogP contribution < -0.4 is 0 Å². The van der Waals surface area contributed by atoms with E-state index < -0.39 is 11.9 Å². The van der Waals surface area contributed by atoms with Crippen molar-refractivity contribution in [1.29, 1.82) is 0 Å². The molecule has 4 heteroatoms. The van der Waals surface area contributed by atoms with Crippen molar-refractivity contribution in [3.8, 4) is 0 Å². The van der Waals surface area contributed by atoms with Crippen LogP contribution in [-0.2, 0) is 22.6 Å². The van der Waals surface area contributed by atoms with Gasteiger partial charge in [0.1, 0.15) is 0 Å². The average Bonchev–Trinajstić information content (AvgIpc) is 2.59. The van der Waals surface area contributed by atoms with Gasteiger partial charge in [-0.15, -0.1) is 11.3 Å². The van der Waals surface area contributed by atoms with E-state index in [9.17, 15) is 4.79 Å². The molecule has 0 aliphatic carbocycles. The van der Waals surface area contributed by atoms with E-state index >= 15 is 0 Å². The van der Waals surface area contributed by atoms with Gasteiger partial charge in [-0.2, -0.15) is 0 Å². The minimum absolute atomic E-state index is 0.398. The molecule has 3 nitrogen and oxygen atoms in total. The minimum Gasteiger partial charge on any atom is -0.481 e. The van der Waals surface area contributed by atoms with Gasteiger partial charge in [0.2, 0.25) is 0 Å². The number of carbonyl (C=O) groups is 1. The fourth-order valence-corrected chi connectivity index (χ4v) is 2.70. The van der Waals surface area contributed by atoms with Gasteiger partial charge in [0.15, 0.2) is 0 Å². The first-order chi connectivity index (χ1) is 6.68. The number of carboxylic acids is 1. The number of fused-ring (bicyclic) bond motifs is 1. The molecular formula is C10H12O3S. The Morgan fingerprint density at radius 1 is 1.71 bits per heavy atom. The van der Waals surface area contributed by atoms with Crippen LogP contribution in [0.1, 0.15) is 28.2 Å². The predicted octanol–water partition coefficient (Wildman–Crippen LogP) is 2.01. The summed E-state index contributed by atoms with van der Waals surface area (Å²) in [5.74, 6) is -1.16. The molecule has 0 aromatic carbocycles. The zero-order chi connectivity index (χ0) is 10.1. The van der Waals surface area contributed by atoms with Crippen LogP contribution in [0.5, 0.6) is 0 Å². The van der Waals surface area contributed by atoms with Crippen LogP contribution in [-0.4, -0.2) is 17.7 Å². The lowest BCUT2D eigenvalue weighted by molar-refractivity contribution is -0.138. The molecule has 0 bridgehead atoms. The number of ether oxygens (including phenoxy) is 1. The Hall–Kier alpha value is -0.870. The maximum absolute atomic E-state index is 10.8. The molecule has 1 aromatic rings. The lowest BCUT2D eigenvalue weighted by Gasteiger charge is -2.10. The third kappa shape index (κ3) is 1.67. The van der Waals surface area contributed by atoms with E-state index in [1.807, 2.05) is 6.07 Å². The van der Waals surface area contributed by atoms with Gasteiger partial charge in [0.05, 0.1) is 19.1 Å². The highest BCUT2D eigenvalue weighted by atomic mass is 32.1. The number of hydrogen-bond acceptors (Lipinski definition) is 3. The van der Waals surface area contributed by atoms with Gasteiger partial charge in [0.25, 0.3) is 0 Å². The van der Waals surface area contributed by atoms with E-state index in [0.29, 0.717) is 6.61 Å². The van der Waals surface area contributed by atoms with E-state index in [0.717, 1.165) is 17.9 Å². The number of aliphatic carboxylic acids is 1. The molecule has 1 aliphatic rings. The first-order valence-corrected chi connectivity index (χ1v) is 5.42. The molecule has 1 aromatic heterocycles. The summed E-state index contributed by atoms with van der Waals surface area (Å²) in [4.78, 5) is 13.0. The zero-order valence-corrected chi connectivity index (χ0v) is 8.76. The van der Waals surface area contributed by atoms with Gasteiger partial charge in [-0.25, -0.2) is 0 Å². The molecule has 0 saturated heterocycles. The van der Waals surface area contributed by atoms with Crippen molar-refractivity contribution in [2.45, 2.75) is 25.9 Å². The molecule has 1 unspecified atom stereocenters. The van der Waals surface area contributed by atoms with Crippen molar-refractivity contribution in [3.05, 3.63) is 21.4 Å². The highest BCUT2D eigenvalue weighted by Gasteiger charge is 2.20. The van der Waals surface area contributed by atoms with Crippen LogP contribution in [0.15, 0.2) is 6.07 Å². The van der Waals surface area contributed by atoms with Gasteiger partial charge < -0.3 is 9.84 Å². The lowest BCUT2D eigenvalue weighted by atomic mass is 10.1. The summed E-state index contributed by atoms with van der Waals surface area (Å²) in [6, 6.07) is 1.97. The quantitative estimate of drug-likeness (QED) is 0.815. The van der Waals surface area contributed by atoms with Gasteiger partial charge in [-0.1, -0.05) is 0 Å². The van der Waals surface area contributed by atoms with Crippen molar-refractivity contribution < 1.29 is 14.6 Å².